The number of alkyl halides is 1. The lowest BCUT2D eigenvalue weighted by Gasteiger charge is -2.16. The summed E-state index contributed by atoms with van der Waals surface area (Å²) in [5.74, 6) is 0.839. The molecule has 2 nitrogen and oxygen atoms in total. The first-order chi connectivity index (χ1) is 7.35. The van der Waals surface area contributed by atoms with Crippen LogP contribution in [0.3, 0.4) is 0 Å². The van der Waals surface area contributed by atoms with E-state index in [-0.39, 0.29) is 0 Å². The molecule has 1 saturated carbocycles. The minimum Gasteiger partial charge on any atom is -0.316 e. The Balaban J connectivity index is 1.45. The van der Waals surface area contributed by atoms with Crippen molar-refractivity contribution >= 4 is 11.6 Å². The van der Waals surface area contributed by atoms with Crippen molar-refractivity contribution in [3.8, 4) is 0 Å². The summed E-state index contributed by atoms with van der Waals surface area (Å²) in [6.45, 7) is 6.23. The van der Waals surface area contributed by atoms with Crippen LogP contribution >= 0.6 is 11.6 Å². The third-order valence-corrected chi connectivity index (χ3v) is 4.33. The third kappa shape index (κ3) is 3.61. The fourth-order valence-corrected chi connectivity index (χ4v) is 2.68. The number of likely N-dealkylation sites (tertiary alicyclic amines) is 1. The van der Waals surface area contributed by atoms with Crippen LogP contribution in [-0.4, -0.2) is 43.5 Å². The molecule has 0 radical (unpaired) electrons. The second kappa shape index (κ2) is 5.51. The summed E-state index contributed by atoms with van der Waals surface area (Å²) in [5.41, 5.74) is 0.481. The molecule has 2 aliphatic rings. The van der Waals surface area contributed by atoms with Crippen molar-refractivity contribution in [2.45, 2.75) is 32.1 Å². The van der Waals surface area contributed by atoms with Gasteiger partial charge < -0.3 is 10.2 Å². The number of nitrogens with zero attached hydrogens (tertiary/aromatic N) is 1. The van der Waals surface area contributed by atoms with Gasteiger partial charge in [0.25, 0.3) is 0 Å². The first-order valence-electron chi connectivity index (χ1n) is 6.34. The van der Waals surface area contributed by atoms with Gasteiger partial charge in [0.1, 0.15) is 0 Å². The average molecular weight is 231 g/mol. The molecule has 1 N–H and O–H groups in total. The molecule has 0 amide bonds. The summed E-state index contributed by atoms with van der Waals surface area (Å²) >= 11 is 5.92. The van der Waals surface area contributed by atoms with Gasteiger partial charge in [-0.15, -0.1) is 11.6 Å². The maximum Gasteiger partial charge on any atom is 0.0292 e. The van der Waals surface area contributed by atoms with Gasteiger partial charge in [0.05, 0.1) is 0 Å². The molecule has 0 aromatic rings. The predicted molar refractivity (Wildman–Crippen MR) is 65.5 cm³/mol. The fraction of sp³-hybridized carbons (Fsp3) is 1.00. The molecule has 0 spiro atoms. The molecule has 0 atom stereocenters. The van der Waals surface area contributed by atoms with Crippen LogP contribution in [0.2, 0.25) is 0 Å². The molecular weight excluding hydrogens is 208 g/mol. The van der Waals surface area contributed by atoms with Crippen molar-refractivity contribution in [3.63, 3.8) is 0 Å². The van der Waals surface area contributed by atoms with Crippen molar-refractivity contribution in [1.29, 1.82) is 0 Å². The average Bonchev–Trinajstić information content (AvgIpc) is 2.85. The largest absolute Gasteiger partial charge is 0.316 e. The number of nitrogens with one attached hydrogen (secondary N) is 1. The van der Waals surface area contributed by atoms with Gasteiger partial charge in [-0.2, -0.15) is 0 Å². The van der Waals surface area contributed by atoms with Crippen molar-refractivity contribution in [2.75, 3.05) is 38.6 Å². The van der Waals surface area contributed by atoms with Crippen LogP contribution in [-0.2, 0) is 0 Å². The highest BCUT2D eigenvalue weighted by Gasteiger charge is 2.40. The topological polar surface area (TPSA) is 15.3 Å². The summed E-state index contributed by atoms with van der Waals surface area (Å²) in [7, 11) is 0. The zero-order chi connectivity index (χ0) is 10.6. The summed E-state index contributed by atoms with van der Waals surface area (Å²) < 4.78 is 0. The highest BCUT2D eigenvalue weighted by atomic mass is 35.5. The maximum absolute atomic E-state index is 5.92. The van der Waals surface area contributed by atoms with Crippen LogP contribution in [0.1, 0.15) is 32.1 Å². The molecule has 1 aliphatic carbocycles. The molecule has 2 rings (SSSR count). The fourth-order valence-electron chi connectivity index (χ4n) is 2.32. The first kappa shape index (κ1) is 11.7. The molecule has 0 bridgehead atoms. The van der Waals surface area contributed by atoms with Crippen LogP contribution in [0.4, 0.5) is 0 Å². The molecule has 1 heterocycles. The summed E-state index contributed by atoms with van der Waals surface area (Å²) in [4.78, 5) is 2.58. The van der Waals surface area contributed by atoms with E-state index in [1.54, 1.807) is 0 Å². The van der Waals surface area contributed by atoms with Gasteiger partial charge in [-0.1, -0.05) is 0 Å². The lowest BCUT2D eigenvalue weighted by atomic mass is 10.1. The van der Waals surface area contributed by atoms with Gasteiger partial charge in [0.2, 0.25) is 0 Å². The Morgan fingerprint density at radius 1 is 1.20 bits per heavy atom. The maximum atomic E-state index is 5.92. The number of hydrogen-bond acceptors (Lipinski definition) is 2. The lowest BCUT2D eigenvalue weighted by Crippen LogP contribution is -2.29. The summed E-state index contributed by atoms with van der Waals surface area (Å²) in [6.07, 6.45) is 6.76. The van der Waals surface area contributed by atoms with Crippen LogP contribution in [0.15, 0.2) is 0 Å². The smallest absolute Gasteiger partial charge is 0.0292 e. The highest BCUT2D eigenvalue weighted by molar-refractivity contribution is 6.18. The van der Waals surface area contributed by atoms with E-state index in [1.807, 2.05) is 0 Å². The van der Waals surface area contributed by atoms with E-state index in [2.05, 4.69) is 10.2 Å². The standard InChI is InChI=1S/C12H23ClN2/c13-10-12(4-5-12)11-14-6-3-9-15-7-1-2-8-15/h14H,1-11H2. The Bertz CT molecular complexity index is 186. The van der Waals surface area contributed by atoms with Crippen molar-refractivity contribution in [1.82, 2.24) is 10.2 Å². The molecular formula is C12H23ClN2. The van der Waals surface area contributed by atoms with Crippen LogP contribution in [0.25, 0.3) is 0 Å². The number of hydrogen-bond donors (Lipinski definition) is 1. The second-order valence-corrected chi connectivity index (χ2v) is 5.48. The Kier molecular flexibility index (Phi) is 4.30. The minimum absolute atomic E-state index is 0.481. The Morgan fingerprint density at radius 2 is 1.93 bits per heavy atom. The third-order valence-electron chi connectivity index (χ3n) is 3.77. The predicted octanol–water partition coefficient (Wildman–Crippen LogP) is 2.08. The summed E-state index contributed by atoms with van der Waals surface area (Å²) in [5, 5.41) is 3.55. The Labute approximate surface area is 98.4 Å². The minimum atomic E-state index is 0.481. The van der Waals surface area contributed by atoms with E-state index in [4.69, 9.17) is 11.6 Å². The van der Waals surface area contributed by atoms with E-state index in [0.29, 0.717) is 5.41 Å². The quantitative estimate of drug-likeness (QED) is 0.532. The second-order valence-electron chi connectivity index (χ2n) is 5.21. The van der Waals surface area contributed by atoms with Crippen LogP contribution < -0.4 is 5.32 Å². The molecule has 2 fully saturated rings. The van der Waals surface area contributed by atoms with E-state index >= 15 is 0 Å². The Morgan fingerprint density at radius 3 is 2.53 bits per heavy atom. The van der Waals surface area contributed by atoms with E-state index < -0.39 is 0 Å². The van der Waals surface area contributed by atoms with E-state index in [1.165, 1.54) is 51.7 Å². The van der Waals surface area contributed by atoms with Crippen molar-refractivity contribution in [2.24, 2.45) is 5.41 Å². The normalized spacial score (nSPS) is 24.6. The van der Waals surface area contributed by atoms with Crippen molar-refractivity contribution in [3.05, 3.63) is 0 Å². The van der Waals surface area contributed by atoms with Crippen LogP contribution in [0.5, 0.6) is 0 Å². The SMILES string of the molecule is ClCC1(CNCCCN2CCCC2)CC1. The number of halogens is 1. The van der Waals surface area contributed by atoms with Gasteiger partial charge in [0, 0.05) is 12.4 Å². The lowest BCUT2D eigenvalue weighted by molar-refractivity contribution is 0.329. The molecule has 3 heteroatoms. The van der Waals surface area contributed by atoms with Crippen LogP contribution in [0, 0.1) is 5.41 Å². The van der Waals surface area contributed by atoms with Gasteiger partial charge in [0.15, 0.2) is 0 Å². The van der Waals surface area contributed by atoms with Gasteiger partial charge in [-0.3, -0.25) is 0 Å². The molecule has 88 valence electrons. The highest BCUT2D eigenvalue weighted by Crippen LogP contribution is 2.45. The van der Waals surface area contributed by atoms with E-state index in [9.17, 15) is 0 Å². The molecule has 15 heavy (non-hydrogen) atoms. The van der Waals surface area contributed by atoms with Gasteiger partial charge in [-0.05, 0) is 63.7 Å². The molecule has 0 aromatic carbocycles. The molecule has 1 saturated heterocycles. The monoisotopic (exact) mass is 230 g/mol. The first-order valence-corrected chi connectivity index (χ1v) is 6.87. The Hall–Kier alpha value is 0.210. The molecule has 0 unspecified atom stereocenters. The summed E-state index contributed by atoms with van der Waals surface area (Å²) in [6, 6.07) is 0. The molecule has 1 aliphatic heterocycles. The zero-order valence-electron chi connectivity index (χ0n) is 9.60. The van der Waals surface area contributed by atoms with Gasteiger partial charge >= 0.3 is 0 Å². The van der Waals surface area contributed by atoms with E-state index in [0.717, 1.165) is 19.0 Å². The van der Waals surface area contributed by atoms with Gasteiger partial charge in [-0.25, -0.2) is 0 Å². The molecule has 0 aromatic heterocycles. The number of rotatable bonds is 7. The van der Waals surface area contributed by atoms with Crippen molar-refractivity contribution < 1.29 is 0 Å². The zero-order valence-corrected chi connectivity index (χ0v) is 10.4.